The molecule has 0 bridgehead atoms. The van der Waals surface area contributed by atoms with Gasteiger partial charge in [0.1, 0.15) is 11.9 Å². The second kappa shape index (κ2) is 8.81. The minimum absolute atomic E-state index is 0.0196. The van der Waals surface area contributed by atoms with Crippen LogP contribution in [0, 0.1) is 5.82 Å². The van der Waals surface area contributed by atoms with Crippen molar-refractivity contribution in [1.82, 2.24) is 24.9 Å². The number of carbonyl (C=O) groups is 1. The van der Waals surface area contributed by atoms with E-state index in [9.17, 15) is 22.4 Å². The number of anilines is 1. The smallest absolute Gasteiger partial charge is 0.329 e. The van der Waals surface area contributed by atoms with Crippen LogP contribution in [0.5, 0.6) is 0 Å². The van der Waals surface area contributed by atoms with E-state index in [-0.39, 0.29) is 23.8 Å². The summed E-state index contributed by atoms with van der Waals surface area (Å²) in [7, 11) is 0. The highest BCUT2D eigenvalue weighted by atomic mass is 19.4. The van der Waals surface area contributed by atoms with Crippen molar-refractivity contribution in [3.8, 4) is 11.4 Å². The topological polar surface area (TPSA) is 89.9 Å². The van der Waals surface area contributed by atoms with Crippen LogP contribution in [0.15, 0.2) is 65.6 Å². The molecule has 0 saturated carbocycles. The van der Waals surface area contributed by atoms with Crippen LogP contribution in [0.3, 0.4) is 0 Å². The van der Waals surface area contributed by atoms with Gasteiger partial charge in [0.2, 0.25) is 5.82 Å². The summed E-state index contributed by atoms with van der Waals surface area (Å²) in [5, 5.41) is 7.40. The SMILES string of the molecule is CC(C(=O)N(Cc1ccc(-c2noc(C(F)(F)F)n2)cn1)c1cccc(F)c1)n1cccn1. The highest BCUT2D eigenvalue weighted by Crippen LogP contribution is 2.29. The van der Waals surface area contributed by atoms with E-state index in [4.69, 9.17) is 0 Å². The first-order valence-electron chi connectivity index (χ1n) is 9.64. The molecule has 3 aromatic heterocycles. The summed E-state index contributed by atoms with van der Waals surface area (Å²) in [6.45, 7) is 1.64. The third-order valence-corrected chi connectivity index (χ3v) is 4.74. The monoisotopic (exact) mass is 460 g/mol. The van der Waals surface area contributed by atoms with Crippen molar-refractivity contribution in [2.75, 3.05) is 4.90 Å². The maximum atomic E-state index is 13.9. The number of nitrogens with zero attached hydrogens (tertiary/aromatic N) is 6. The Morgan fingerprint density at radius 3 is 2.64 bits per heavy atom. The summed E-state index contributed by atoms with van der Waals surface area (Å²) in [6.07, 6.45) is -0.306. The van der Waals surface area contributed by atoms with Crippen molar-refractivity contribution >= 4 is 11.6 Å². The van der Waals surface area contributed by atoms with Crippen molar-refractivity contribution < 1.29 is 26.9 Å². The van der Waals surface area contributed by atoms with Gasteiger partial charge in [0.25, 0.3) is 5.91 Å². The molecule has 0 aliphatic carbocycles. The molecule has 1 atom stereocenters. The average Bonchev–Trinajstić information content (AvgIpc) is 3.49. The third-order valence-electron chi connectivity index (χ3n) is 4.74. The molecule has 1 unspecified atom stereocenters. The molecule has 1 amide bonds. The van der Waals surface area contributed by atoms with Gasteiger partial charge in [-0.15, -0.1) is 0 Å². The molecule has 12 heteroatoms. The molecular weight excluding hydrogens is 444 g/mol. The van der Waals surface area contributed by atoms with Crippen LogP contribution >= 0.6 is 0 Å². The van der Waals surface area contributed by atoms with E-state index in [1.54, 1.807) is 31.5 Å². The Morgan fingerprint density at radius 1 is 1.21 bits per heavy atom. The van der Waals surface area contributed by atoms with Crippen LogP contribution in [0.4, 0.5) is 23.2 Å². The molecule has 33 heavy (non-hydrogen) atoms. The summed E-state index contributed by atoms with van der Waals surface area (Å²) in [6, 6.07) is 9.52. The van der Waals surface area contributed by atoms with Crippen LogP contribution in [0.1, 0.15) is 24.6 Å². The predicted molar refractivity (Wildman–Crippen MR) is 107 cm³/mol. The van der Waals surface area contributed by atoms with Crippen LogP contribution in [-0.4, -0.2) is 30.8 Å². The van der Waals surface area contributed by atoms with Gasteiger partial charge in [-0.25, -0.2) is 4.39 Å². The lowest BCUT2D eigenvalue weighted by molar-refractivity contribution is -0.159. The van der Waals surface area contributed by atoms with Crippen molar-refractivity contribution in [2.45, 2.75) is 25.7 Å². The van der Waals surface area contributed by atoms with Gasteiger partial charge in [-0.05, 0) is 43.3 Å². The highest BCUT2D eigenvalue weighted by molar-refractivity contribution is 5.95. The minimum atomic E-state index is -4.75. The standard InChI is InChI=1S/C21H16F4N6O2/c1-13(31-9-3-8-27-31)19(32)30(17-5-2-4-15(22)10-17)12-16-7-6-14(11-26-16)18-28-20(33-29-18)21(23,24)25/h2-11,13H,12H2,1H3. The zero-order valence-electron chi connectivity index (χ0n) is 17.1. The molecule has 0 aliphatic rings. The second-order valence-electron chi connectivity index (χ2n) is 7.03. The molecule has 170 valence electrons. The highest BCUT2D eigenvalue weighted by Gasteiger charge is 2.38. The Labute approximate surface area is 184 Å². The van der Waals surface area contributed by atoms with E-state index < -0.39 is 23.9 Å². The lowest BCUT2D eigenvalue weighted by Crippen LogP contribution is -2.36. The van der Waals surface area contributed by atoms with Crippen molar-refractivity contribution in [2.24, 2.45) is 0 Å². The molecule has 0 fully saturated rings. The molecule has 0 saturated heterocycles. The fraction of sp³-hybridized carbons (Fsp3) is 0.190. The maximum Gasteiger partial charge on any atom is 0.471 e. The van der Waals surface area contributed by atoms with Crippen LogP contribution < -0.4 is 4.90 Å². The van der Waals surface area contributed by atoms with Crippen molar-refractivity contribution in [1.29, 1.82) is 0 Å². The number of halogens is 4. The molecular formula is C21H16F4N6O2. The first-order chi connectivity index (χ1) is 15.7. The van der Waals surface area contributed by atoms with E-state index >= 15 is 0 Å². The summed E-state index contributed by atoms with van der Waals surface area (Å²) in [5.41, 5.74) is 0.924. The third kappa shape index (κ3) is 4.89. The quantitative estimate of drug-likeness (QED) is 0.399. The molecule has 1 aromatic carbocycles. The van der Waals surface area contributed by atoms with Gasteiger partial charge in [0, 0.05) is 29.8 Å². The molecule has 0 radical (unpaired) electrons. The van der Waals surface area contributed by atoms with Crippen LogP contribution in [0.2, 0.25) is 0 Å². The number of aromatic nitrogens is 5. The van der Waals surface area contributed by atoms with Crippen molar-refractivity contribution in [3.63, 3.8) is 0 Å². The largest absolute Gasteiger partial charge is 0.471 e. The molecule has 0 aliphatic heterocycles. The number of amides is 1. The first kappa shape index (κ1) is 22.1. The van der Waals surface area contributed by atoms with Gasteiger partial charge in [-0.3, -0.25) is 14.5 Å². The number of alkyl halides is 3. The zero-order chi connectivity index (χ0) is 23.6. The fourth-order valence-corrected chi connectivity index (χ4v) is 3.06. The number of pyridine rings is 1. The summed E-state index contributed by atoms with van der Waals surface area (Å²) in [5.74, 6) is -2.61. The maximum absolute atomic E-state index is 13.9. The van der Waals surface area contributed by atoms with E-state index in [0.717, 1.165) is 0 Å². The number of rotatable bonds is 6. The minimum Gasteiger partial charge on any atom is -0.329 e. The number of carbonyl (C=O) groups excluding carboxylic acids is 1. The molecule has 0 spiro atoms. The van der Waals surface area contributed by atoms with E-state index in [1.165, 1.54) is 46.1 Å². The lowest BCUT2D eigenvalue weighted by Gasteiger charge is -2.26. The van der Waals surface area contributed by atoms with E-state index in [1.807, 2.05) is 0 Å². The Morgan fingerprint density at radius 2 is 2.03 bits per heavy atom. The Kier molecular flexibility index (Phi) is 5.90. The number of hydrogen-bond acceptors (Lipinski definition) is 6. The predicted octanol–water partition coefficient (Wildman–Crippen LogP) is 4.28. The Balaban J connectivity index is 1.59. The van der Waals surface area contributed by atoms with Crippen LogP contribution in [-0.2, 0) is 17.5 Å². The molecule has 3 heterocycles. The number of benzene rings is 1. The van der Waals surface area contributed by atoms with Gasteiger partial charge >= 0.3 is 12.1 Å². The summed E-state index contributed by atoms with van der Waals surface area (Å²) in [4.78, 5) is 22.1. The molecule has 0 N–H and O–H groups in total. The van der Waals surface area contributed by atoms with Gasteiger partial charge in [-0.1, -0.05) is 11.2 Å². The number of hydrogen-bond donors (Lipinski definition) is 0. The molecule has 8 nitrogen and oxygen atoms in total. The fourth-order valence-electron chi connectivity index (χ4n) is 3.06. The van der Waals surface area contributed by atoms with Crippen molar-refractivity contribution in [3.05, 3.63) is 78.5 Å². The normalized spacial score (nSPS) is 12.5. The van der Waals surface area contributed by atoms with Gasteiger partial charge in [0.05, 0.1) is 12.2 Å². The van der Waals surface area contributed by atoms with Gasteiger partial charge in [-0.2, -0.15) is 23.3 Å². The summed E-state index contributed by atoms with van der Waals surface area (Å²) >= 11 is 0. The van der Waals surface area contributed by atoms with Gasteiger partial charge < -0.3 is 9.42 Å². The Hall–Kier alpha value is -4.09. The lowest BCUT2D eigenvalue weighted by atomic mass is 10.2. The average molecular weight is 460 g/mol. The van der Waals surface area contributed by atoms with E-state index in [0.29, 0.717) is 11.4 Å². The first-order valence-corrected chi connectivity index (χ1v) is 9.64. The second-order valence-corrected chi connectivity index (χ2v) is 7.03. The van der Waals surface area contributed by atoms with Crippen LogP contribution in [0.25, 0.3) is 11.4 Å². The van der Waals surface area contributed by atoms with Gasteiger partial charge in [0.15, 0.2) is 0 Å². The zero-order valence-corrected chi connectivity index (χ0v) is 17.1. The molecule has 4 rings (SSSR count). The Bertz CT molecular complexity index is 1240. The van der Waals surface area contributed by atoms with E-state index in [2.05, 4.69) is 24.7 Å². The summed E-state index contributed by atoms with van der Waals surface area (Å²) < 4.78 is 57.6. The molecule has 4 aromatic rings.